The van der Waals surface area contributed by atoms with Gasteiger partial charge in [0.15, 0.2) is 0 Å². The standard InChI is InChI=1S/C14H18FN3O/c1-4-18-9-8-17-14(18)13(16-2)12-10(15)6-5-7-11(12)19-3/h5-9,13,16H,4H2,1-3H3. The summed E-state index contributed by atoms with van der Waals surface area (Å²) in [6.07, 6.45) is 3.60. The van der Waals surface area contributed by atoms with Crippen LogP contribution < -0.4 is 10.1 Å². The Kier molecular flexibility index (Phi) is 4.16. The van der Waals surface area contributed by atoms with Gasteiger partial charge in [-0.25, -0.2) is 9.37 Å². The normalized spacial score (nSPS) is 12.4. The molecule has 0 amide bonds. The maximum atomic E-state index is 14.1. The van der Waals surface area contributed by atoms with Crippen LogP contribution in [0.2, 0.25) is 0 Å². The van der Waals surface area contributed by atoms with Crippen molar-refractivity contribution in [2.75, 3.05) is 14.2 Å². The maximum absolute atomic E-state index is 14.1. The van der Waals surface area contributed by atoms with Gasteiger partial charge in [0.25, 0.3) is 0 Å². The summed E-state index contributed by atoms with van der Waals surface area (Å²) in [6, 6.07) is 4.48. The van der Waals surface area contributed by atoms with Crippen molar-refractivity contribution in [2.45, 2.75) is 19.5 Å². The number of benzene rings is 1. The van der Waals surface area contributed by atoms with Gasteiger partial charge in [0, 0.05) is 18.9 Å². The molecule has 0 aliphatic rings. The smallest absolute Gasteiger partial charge is 0.132 e. The zero-order valence-electron chi connectivity index (χ0n) is 11.4. The Labute approximate surface area is 112 Å². The van der Waals surface area contributed by atoms with E-state index in [9.17, 15) is 4.39 Å². The summed E-state index contributed by atoms with van der Waals surface area (Å²) in [5, 5.41) is 3.11. The van der Waals surface area contributed by atoms with Gasteiger partial charge in [-0.3, -0.25) is 0 Å². The molecule has 0 spiro atoms. The van der Waals surface area contributed by atoms with E-state index in [0.29, 0.717) is 11.3 Å². The number of hydrogen-bond donors (Lipinski definition) is 1. The third-order valence-corrected chi connectivity index (χ3v) is 3.16. The zero-order chi connectivity index (χ0) is 13.8. The highest BCUT2D eigenvalue weighted by atomic mass is 19.1. The average molecular weight is 263 g/mol. The van der Waals surface area contributed by atoms with Crippen LogP contribution in [0.5, 0.6) is 5.75 Å². The second-order valence-corrected chi connectivity index (χ2v) is 4.15. The number of nitrogens with zero attached hydrogens (tertiary/aromatic N) is 2. The molecule has 1 atom stereocenters. The third-order valence-electron chi connectivity index (χ3n) is 3.16. The second kappa shape index (κ2) is 5.84. The minimum Gasteiger partial charge on any atom is -0.496 e. The predicted molar refractivity (Wildman–Crippen MR) is 71.8 cm³/mol. The Morgan fingerprint density at radius 2 is 2.26 bits per heavy atom. The Morgan fingerprint density at radius 3 is 2.89 bits per heavy atom. The lowest BCUT2D eigenvalue weighted by Gasteiger charge is -2.20. The van der Waals surface area contributed by atoms with Crippen LogP contribution in [0.25, 0.3) is 0 Å². The van der Waals surface area contributed by atoms with E-state index in [1.807, 2.05) is 17.7 Å². The first kappa shape index (κ1) is 13.5. The molecular weight excluding hydrogens is 245 g/mol. The molecule has 0 saturated carbocycles. The van der Waals surface area contributed by atoms with E-state index in [0.717, 1.165) is 12.4 Å². The van der Waals surface area contributed by atoms with Gasteiger partial charge in [-0.1, -0.05) is 6.07 Å². The van der Waals surface area contributed by atoms with Gasteiger partial charge in [-0.05, 0) is 26.1 Å². The molecule has 0 radical (unpaired) electrons. The van der Waals surface area contributed by atoms with Gasteiger partial charge in [0.05, 0.1) is 18.7 Å². The molecule has 4 nitrogen and oxygen atoms in total. The van der Waals surface area contributed by atoms with E-state index in [1.165, 1.54) is 13.2 Å². The zero-order valence-corrected chi connectivity index (χ0v) is 11.4. The third kappa shape index (κ3) is 2.46. The molecule has 5 heteroatoms. The number of imidazole rings is 1. The van der Waals surface area contributed by atoms with Crippen molar-refractivity contribution in [2.24, 2.45) is 0 Å². The molecule has 0 bridgehead atoms. The van der Waals surface area contributed by atoms with Crippen molar-refractivity contribution in [1.29, 1.82) is 0 Å². The number of aryl methyl sites for hydroxylation is 1. The molecule has 1 heterocycles. The fourth-order valence-corrected chi connectivity index (χ4v) is 2.23. The summed E-state index contributed by atoms with van der Waals surface area (Å²) in [5.74, 6) is 0.989. The molecule has 2 rings (SSSR count). The van der Waals surface area contributed by atoms with Crippen molar-refractivity contribution in [3.63, 3.8) is 0 Å². The van der Waals surface area contributed by atoms with E-state index < -0.39 is 0 Å². The molecule has 102 valence electrons. The Balaban J connectivity index is 2.54. The fourth-order valence-electron chi connectivity index (χ4n) is 2.23. The van der Waals surface area contributed by atoms with E-state index in [-0.39, 0.29) is 11.9 Å². The van der Waals surface area contributed by atoms with E-state index in [1.54, 1.807) is 25.4 Å². The van der Waals surface area contributed by atoms with Crippen LogP contribution in [-0.4, -0.2) is 23.7 Å². The SMILES string of the molecule is CCn1ccnc1C(NC)c1c(F)cccc1OC. The van der Waals surface area contributed by atoms with Gasteiger partial charge in [-0.2, -0.15) is 0 Å². The Morgan fingerprint density at radius 1 is 1.47 bits per heavy atom. The van der Waals surface area contributed by atoms with Crippen LogP contribution in [0.3, 0.4) is 0 Å². The van der Waals surface area contributed by atoms with E-state index in [4.69, 9.17) is 4.74 Å². The van der Waals surface area contributed by atoms with Crippen molar-refractivity contribution in [3.8, 4) is 5.75 Å². The van der Waals surface area contributed by atoms with E-state index in [2.05, 4.69) is 10.3 Å². The lowest BCUT2D eigenvalue weighted by molar-refractivity contribution is 0.396. The van der Waals surface area contributed by atoms with Crippen LogP contribution >= 0.6 is 0 Å². The maximum Gasteiger partial charge on any atom is 0.132 e. The molecule has 19 heavy (non-hydrogen) atoms. The van der Waals surface area contributed by atoms with Crippen LogP contribution in [0, 0.1) is 5.82 Å². The van der Waals surface area contributed by atoms with Gasteiger partial charge in [-0.15, -0.1) is 0 Å². The monoisotopic (exact) mass is 263 g/mol. The van der Waals surface area contributed by atoms with Crippen LogP contribution in [0.4, 0.5) is 4.39 Å². The quantitative estimate of drug-likeness (QED) is 0.900. The number of aromatic nitrogens is 2. The predicted octanol–water partition coefficient (Wildman–Crippen LogP) is 2.36. The number of rotatable bonds is 5. The first-order valence-electron chi connectivity index (χ1n) is 6.23. The Bertz CT molecular complexity index is 553. The van der Waals surface area contributed by atoms with Crippen molar-refractivity contribution >= 4 is 0 Å². The number of halogens is 1. The molecule has 1 aromatic carbocycles. The molecule has 0 saturated heterocycles. The van der Waals surface area contributed by atoms with E-state index >= 15 is 0 Å². The Hall–Kier alpha value is -1.88. The molecule has 1 aromatic heterocycles. The highest BCUT2D eigenvalue weighted by Crippen LogP contribution is 2.31. The summed E-state index contributed by atoms with van der Waals surface area (Å²) in [6.45, 7) is 2.81. The number of hydrogen-bond acceptors (Lipinski definition) is 3. The van der Waals surface area contributed by atoms with Gasteiger partial charge >= 0.3 is 0 Å². The minimum absolute atomic E-state index is 0.302. The molecule has 1 N–H and O–H groups in total. The molecular formula is C14H18FN3O. The highest BCUT2D eigenvalue weighted by molar-refractivity contribution is 5.40. The van der Waals surface area contributed by atoms with Crippen molar-refractivity contribution in [3.05, 3.63) is 47.8 Å². The van der Waals surface area contributed by atoms with Crippen LogP contribution in [0.15, 0.2) is 30.6 Å². The topological polar surface area (TPSA) is 39.1 Å². The molecule has 2 aromatic rings. The number of ether oxygens (including phenoxy) is 1. The van der Waals surface area contributed by atoms with Gasteiger partial charge in [0.1, 0.15) is 17.4 Å². The summed E-state index contributed by atoms with van der Waals surface area (Å²) >= 11 is 0. The number of methoxy groups -OCH3 is 1. The van der Waals surface area contributed by atoms with Crippen molar-refractivity contribution in [1.82, 2.24) is 14.9 Å². The number of nitrogens with one attached hydrogen (secondary N) is 1. The summed E-state index contributed by atoms with van der Waals surface area (Å²) < 4.78 is 21.4. The largest absolute Gasteiger partial charge is 0.496 e. The van der Waals surface area contributed by atoms with Gasteiger partial charge in [0.2, 0.25) is 0 Å². The first-order valence-corrected chi connectivity index (χ1v) is 6.23. The highest BCUT2D eigenvalue weighted by Gasteiger charge is 2.24. The minimum atomic E-state index is -0.342. The first-order chi connectivity index (χ1) is 9.22. The summed E-state index contributed by atoms with van der Waals surface area (Å²) in [7, 11) is 3.32. The average Bonchev–Trinajstić information content (AvgIpc) is 2.89. The fraction of sp³-hybridized carbons (Fsp3) is 0.357. The summed E-state index contributed by atoms with van der Waals surface area (Å²) in [4.78, 5) is 4.33. The van der Waals surface area contributed by atoms with Gasteiger partial charge < -0.3 is 14.6 Å². The second-order valence-electron chi connectivity index (χ2n) is 4.15. The lowest BCUT2D eigenvalue weighted by Crippen LogP contribution is -2.23. The van der Waals surface area contributed by atoms with Crippen molar-refractivity contribution < 1.29 is 9.13 Å². The van der Waals surface area contributed by atoms with Crippen LogP contribution in [0.1, 0.15) is 24.4 Å². The molecule has 0 fully saturated rings. The molecule has 1 unspecified atom stereocenters. The summed E-state index contributed by atoms with van der Waals surface area (Å²) in [5.41, 5.74) is 0.480. The molecule has 0 aliphatic carbocycles. The van der Waals surface area contributed by atoms with Crippen LogP contribution in [-0.2, 0) is 6.54 Å². The lowest BCUT2D eigenvalue weighted by atomic mass is 10.0. The molecule has 0 aliphatic heterocycles.